The summed E-state index contributed by atoms with van der Waals surface area (Å²) in [6, 6.07) is 10.1. The molecule has 3 bridgehead atoms. The van der Waals surface area contributed by atoms with Gasteiger partial charge in [0.15, 0.2) is 0 Å². The van der Waals surface area contributed by atoms with Crippen molar-refractivity contribution in [2.75, 3.05) is 26.2 Å². The summed E-state index contributed by atoms with van der Waals surface area (Å²) >= 11 is 0. The SMILES string of the molecule is [O-][N+]12CCCC/C=C\[C@H]1C[C@]13CN4CCCC/C=C\CC[C@](O)(C=C(c5nccc6c5[nH]c5ccccc56)[C@@H]1CC4)[C@@H]32. The molecule has 7 atom stereocenters. The smallest absolute Gasteiger partial charge is 0.136 e. The van der Waals surface area contributed by atoms with Crippen LogP contribution < -0.4 is 0 Å². The Labute approximate surface area is 249 Å². The zero-order valence-corrected chi connectivity index (χ0v) is 24.7. The van der Waals surface area contributed by atoms with Gasteiger partial charge >= 0.3 is 0 Å². The molecule has 2 aromatic heterocycles. The third-order valence-corrected chi connectivity index (χ3v) is 11.5. The van der Waals surface area contributed by atoms with Crippen LogP contribution in [-0.2, 0) is 0 Å². The van der Waals surface area contributed by atoms with Crippen molar-refractivity contribution in [1.29, 1.82) is 0 Å². The van der Waals surface area contributed by atoms with Gasteiger partial charge in [0, 0.05) is 41.4 Å². The Kier molecular flexibility index (Phi) is 6.49. The van der Waals surface area contributed by atoms with Gasteiger partial charge in [-0.05, 0) is 101 Å². The highest BCUT2D eigenvalue weighted by Crippen LogP contribution is 2.64. The number of para-hydroxylation sites is 1. The number of benzene rings is 1. The lowest BCUT2D eigenvalue weighted by molar-refractivity contribution is -0.920. The Hall–Kier alpha value is -2.77. The second-order valence-corrected chi connectivity index (χ2v) is 13.9. The third kappa shape index (κ3) is 4.02. The Morgan fingerprint density at radius 2 is 1.83 bits per heavy atom. The van der Waals surface area contributed by atoms with Crippen LogP contribution in [0.1, 0.15) is 69.9 Å². The van der Waals surface area contributed by atoms with E-state index in [0.717, 1.165) is 86.9 Å². The Balaban J connectivity index is 1.37. The van der Waals surface area contributed by atoms with Gasteiger partial charge in [0.25, 0.3) is 0 Å². The van der Waals surface area contributed by atoms with Crippen molar-refractivity contribution in [1.82, 2.24) is 14.9 Å². The van der Waals surface area contributed by atoms with Crippen LogP contribution in [0, 0.1) is 16.5 Å². The molecular formula is C36H44N4O2. The van der Waals surface area contributed by atoms with E-state index < -0.39 is 5.60 Å². The fourth-order valence-electron chi connectivity index (χ4n) is 9.92. The standard InChI is InChI=1S/C36H44N4O2/c41-36-18-10-4-1-2-5-11-20-39-21-17-30(35(25-39)23-26-13-7-3-6-12-22-40(26,42)34(35)36)29(24-36)32-33-28(16-19-37-32)27-14-8-9-15-31(27)38-33/h1,4,7-9,13-16,19,24,26,30,34,38,41H,2-3,5-6,10-12,17-18,20-23,25H2/b4-1-,13-7-/t26-,30-,34+,35-,36-,40?/m0/s1. The van der Waals surface area contributed by atoms with Crippen molar-refractivity contribution in [2.45, 2.75) is 81.9 Å². The number of quaternary nitrogens is 1. The van der Waals surface area contributed by atoms with Crippen molar-refractivity contribution in [3.8, 4) is 0 Å². The molecule has 5 aliphatic rings. The number of hydroxylamine groups is 3. The summed E-state index contributed by atoms with van der Waals surface area (Å²) in [7, 11) is 0. The minimum Gasteiger partial charge on any atom is -0.632 e. The van der Waals surface area contributed by atoms with Gasteiger partial charge in [-0.3, -0.25) is 4.98 Å². The maximum absolute atomic E-state index is 15.4. The molecule has 1 aromatic carbocycles. The van der Waals surface area contributed by atoms with Gasteiger partial charge < -0.3 is 24.8 Å². The molecule has 6 heterocycles. The van der Waals surface area contributed by atoms with E-state index in [-0.39, 0.29) is 28.1 Å². The van der Waals surface area contributed by atoms with Gasteiger partial charge in [0.1, 0.15) is 17.7 Å². The van der Waals surface area contributed by atoms with Crippen LogP contribution in [0.15, 0.2) is 66.9 Å². The number of piperidine rings is 1. The lowest BCUT2D eigenvalue weighted by atomic mass is 9.54. The molecule has 2 unspecified atom stereocenters. The van der Waals surface area contributed by atoms with Crippen molar-refractivity contribution in [3.63, 3.8) is 0 Å². The highest BCUT2D eigenvalue weighted by atomic mass is 16.6. The van der Waals surface area contributed by atoms with Gasteiger partial charge in [-0.25, -0.2) is 0 Å². The van der Waals surface area contributed by atoms with Crippen LogP contribution in [0.5, 0.6) is 0 Å². The molecule has 4 aliphatic heterocycles. The molecule has 1 spiro atoms. The monoisotopic (exact) mass is 564 g/mol. The van der Waals surface area contributed by atoms with Crippen LogP contribution in [0.25, 0.3) is 27.4 Å². The van der Waals surface area contributed by atoms with E-state index in [1.54, 1.807) is 0 Å². The summed E-state index contributed by atoms with van der Waals surface area (Å²) < 4.78 is -0.269. The second kappa shape index (κ2) is 10.2. The molecule has 42 heavy (non-hydrogen) atoms. The number of pyridine rings is 1. The number of aliphatic hydroxyl groups is 1. The number of hydrogen-bond donors (Lipinski definition) is 2. The summed E-state index contributed by atoms with van der Waals surface area (Å²) in [6.07, 6.45) is 22.8. The first-order valence-electron chi connectivity index (χ1n) is 16.5. The third-order valence-electron chi connectivity index (χ3n) is 11.5. The summed E-state index contributed by atoms with van der Waals surface area (Å²) in [5.74, 6) is 0.190. The van der Waals surface area contributed by atoms with Crippen molar-refractivity contribution >= 4 is 27.4 Å². The molecule has 2 fully saturated rings. The normalized spacial score (nSPS) is 40.1. The zero-order chi connectivity index (χ0) is 28.4. The van der Waals surface area contributed by atoms with E-state index in [4.69, 9.17) is 4.98 Å². The van der Waals surface area contributed by atoms with Gasteiger partial charge in [-0.2, -0.15) is 0 Å². The van der Waals surface area contributed by atoms with Gasteiger partial charge in [-0.15, -0.1) is 0 Å². The van der Waals surface area contributed by atoms with Crippen LogP contribution in [0.3, 0.4) is 0 Å². The van der Waals surface area contributed by atoms with Crippen LogP contribution >= 0.6 is 0 Å². The fourth-order valence-corrected chi connectivity index (χ4v) is 9.92. The molecule has 0 radical (unpaired) electrons. The van der Waals surface area contributed by atoms with E-state index in [9.17, 15) is 5.11 Å². The van der Waals surface area contributed by atoms with Crippen LogP contribution in [0.4, 0.5) is 0 Å². The van der Waals surface area contributed by atoms with E-state index in [1.165, 1.54) is 23.6 Å². The van der Waals surface area contributed by atoms with Crippen molar-refractivity contribution in [2.24, 2.45) is 11.3 Å². The zero-order valence-electron chi connectivity index (χ0n) is 24.7. The Morgan fingerprint density at radius 3 is 2.79 bits per heavy atom. The van der Waals surface area contributed by atoms with Crippen LogP contribution in [0.2, 0.25) is 0 Å². The largest absolute Gasteiger partial charge is 0.632 e. The average molecular weight is 565 g/mol. The van der Waals surface area contributed by atoms with E-state index in [2.05, 4.69) is 70.6 Å². The number of hydrogen-bond acceptors (Lipinski definition) is 4. The summed E-state index contributed by atoms with van der Waals surface area (Å²) in [5.41, 5.74) is 2.79. The van der Waals surface area contributed by atoms with Crippen molar-refractivity contribution in [3.05, 3.63) is 77.8 Å². The highest BCUT2D eigenvalue weighted by molar-refractivity contribution is 6.09. The van der Waals surface area contributed by atoms with Crippen LogP contribution in [-0.4, -0.2) is 68.5 Å². The fraction of sp³-hybridized carbons (Fsp3) is 0.528. The maximum atomic E-state index is 15.4. The molecule has 1 aliphatic carbocycles. The van der Waals surface area contributed by atoms with E-state index >= 15 is 5.21 Å². The molecule has 2 saturated heterocycles. The number of nitrogens with zero attached hydrogens (tertiary/aromatic N) is 3. The number of rotatable bonds is 1. The molecule has 0 saturated carbocycles. The molecule has 6 nitrogen and oxygen atoms in total. The topological polar surface area (TPSA) is 75.2 Å². The minimum atomic E-state index is -1.20. The predicted octanol–water partition coefficient (Wildman–Crippen LogP) is 6.87. The lowest BCUT2D eigenvalue weighted by Crippen LogP contribution is -2.70. The molecular weight excluding hydrogens is 520 g/mol. The number of nitrogens with one attached hydrogen (secondary N) is 1. The summed E-state index contributed by atoms with van der Waals surface area (Å²) in [6.45, 7) is 3.60. The van der Waals surface area contributed by atoms with Gasteiger partial charge in [0.05, 0.1) is 23.2 Å². The highest BCUT2D eigenvalue weighted by Gasteiger charge is 2.71. The first-order chi connectivity index (χ1) is 20.5. The van der Waals surface area contributed by atoms with E-state index in [1.807, 2.05) is 6.20 Å². The van der Waals surface area contributed by atoms with E-state index in [0.29, 0.717) is 13.0 Å². The molecule has 0 amide bonds. The van der Waals surface area contributed by atoms with Gasteiger partial charge in [-0.1, -0.05) is 36.4 Å². The Morgan fingerprint density at radius 1 is 0.976 bits per heavy atom. The molecule has 6 heteroatoms. The molecule has 2 N–H and O–H groups in total. The maximum Gasteiger partial charge on any atom is 0.136 e. The first kappa shape index (κ1) is 26.8. The first-order valence-corrected chi connectivity index (χ1v) is 16.5. The summed E-state index contributed by atoms with van der Waals surface area (Å²) in [4.78, 5) is 11.4. The average Bonchev–Trinajstić information content (AvgIpc) is 3.47. The lowest BCUT2D eigenvalue weighted by Gasteiger charge is -2.61. The minimum absolute atomic E-state index is 0.0997. The number of aromatic nitrogens is 2. The number of H-pyrrole nitrogens is 1. The number of allylic oxidation sites excluding steroid dienone is 4. The molecule has 220 valence electrons. The molecule has 3 aromatic rings. The Bertz CT molecular complexity index is 1590. The number of fused-ring (bicyclic) bond motifs is 5. The quantitative estimate of drug-likeness (QED) is 0.192. The second-order valence-electron chi connectivity index (χ2n) is 13.9. The number of aromatic amines is 1. The van der Waals surface area contributed by atoms with Crippen molar-refractivity contribution < 1.29 is 9.75 Å². The molecule has 8 rings (SSSR count). The predicted molar refractivity (Wildman–Crippen MR) is 169 cm³/mol. The summed E-state index contributed by atoms with van der Waals surface area (Å²) in [5, 5.41) is 30.8. The van der Waals surface area contributed by atoms with Gasteiger partial charge in [0.2, 0.25) is 0 Å².